The van der Waals surface area contributed by atoms with E-state index in [1.165, 1.54) is 17.6 Å². The molecule has 1 heterocycles. The summed E-state index contributed by atoms with van der Waals surface area (Å²) in [5.74, 6) is -0.917. The predicted octanol–water partition coefficient (Wildman–Crippen LogP) is 6.17. The molecule has 0 atom stereocenters. The van der Waals surface area contributed by atoms with E-state index in [9.17, 15) is 9.59 Å². The first-order chi connectivity index (χ1) is 14.0. The summed E-state index contributed by atoms with van der Waals surface area (Å²) in [5, 5.41) is 0.792. The Labute approximate surface area is 186 Å². The van der Waals surface area contributed by atoms with E-state index in [0.717, 1.165) is 5.56 Å². The van der Waals surface area contributed by atoms with Gasteiger partial charge in [-0.05, 0) is 47.7 Å². The molecule has 0 saturated heterocycles. The minimum atomic E-state index is -0.575. The summed E-state index contributed by atoms with van der Waals surface area (Å²) in [7, 11) is 1.29. The fourth-order valence-electron chi connectivity index (χ4n) is 3.41. The Kier molecular flexibility index (Phi) is 6.11. The highest BCUT2D eigenvalue weighted by Crippen LogP contribution is 2.37. The molecule has 0 N–H and O–H groups in total. The van der Waals surface area contributed by atoms with Crippen LogP contribution in [0.3, 0.4) is 0 Å². The van der Waals surface area contributed by atoms with Crippen LogP contribution in [-0.4, -0.2) is 19.0 Å². The third-order valence-electron chi connectivity index (χ3n) is 4.98. The van der Waals surface area contributed by atoms with E-state index in [4.69, 9.17) is 27.9 Å². The lowest BCUT2D eigenvalue weighted by Crippen LogP contribution is -2.24. The molecule has 1 amide bonds. The highest BCUT2D eigenvalue weighted by Gasteiger charge is 2.38. The number of amides is 1. The Bertz CT molecular complexity index is 1060. The topological polar surface area (TPSA) is 46.6 Å². The van der Waals surface area contributed by atoms with Gasteiger partial charge in [0.15, 0.2) is 0 Å². The molecule has 3 rings (SSSR count). The van der Waals surface area contributed by atoms with Crippen LogP contribution in [-0.2, 0) is 19.7 Å². The molecular weight excluding hydrogens is 421 g/mol. The number of carbonyl (C=O) groups excluding carboxylic acids is 2. The molecule has 4 nitrogen and oxygen atoms in total. The molecule has 2 aromatic rings. The van der Waals surface area contributed by atoms with Crippen LogP contribution in [0.2, 0.25) is 10.0 Å². The quantitative estimate of drug-likeness (QED) is 0.420. The molecule has 0 fully saturated rings. The zero-order valence-electron chi connectivity index (χ0n) is 17.5. The second-order valence-electron chi connectivity index (χ2n) is 8.15. The van der Waals surface area contributed by atoms with E-state index in [2.05, 4.69) is 20.8 Å². The van der Waals surface area contributed by atoms with E-state index in [-0.39, 0.29) is 22.5 Å². The van der Waals surface area contributed by atoms with Crippen LogP contribution in [0, 0.1) is 0 Å². The van der Waals surface area contributed by atoms with Crippen LogP contribution in [0.4, 0.5) is 5.69 Å². The molecule has 1 aliphatic rings. The Morgan fingerprint density at radius 3 is 2.10 bits per heavy atom. The van der Waals surface area contributed by atoms with Crippen LogP contribution in [0.1, 0.15) is 38.8 Å². The summed E-state index contributed by atoms with van der Waals surface area (Å²) in [6.45, 7) is 8.10. The number of allylic oxidation sites excluding steroid dienone is 1. The van der Waals surface area contributed by atoms with Crippen molar-refractivity contribution in [2.24, 2.45) is 0 Å². The summed E-state index contributed by atoms with van der Waals surface area (Å²) >= 11 is 12.2. The van der Waals surface area contributed by atoms with Gasteiger partial charge in [0.25, 0.3) is 5.91 Å². The Morgan fingerprint density at radius 2 is 1.60 bits per heavy atom. The Morgan fingerprint density at radius 1 is 1.03 bits per heavy atom. The fraction of sp³-hybridized carbons (Fsp3) is 0.250. The van der Waals surface area contributed by atoms with E-state index in [1.807, 2.05) is 24.3 Å². The predicted molar refractivity (Wildman–Crippen MR) is 122 cm³/mol. The number of halogens is 2. The van der Waals surface area contributed by atoms with Crippen LogP contribution in [0.5, 0.6) is 0 Å². The summed E-state index contributed by atoms with van der Waals surface area (Å²) in [4.78, 5) is 27.3. The maximum absolute atomic E-state index is 13.3. The molecule has 0 aliphatic carbocycles. The van der Waals surface area contributed by atoms with E-state index in [0.29, 0.717) is 21.4 Å². The minimum Gasteiger partial charge on any atom is -0.465 e. The number of methoxy groups -OCH3 is 1. The summed E-state index contributed by atoms with van der Waals surface area (Å²) in [5.41, 5.74) is 3.44. The molecule has 0 saturated carbocycles. The first-order valence-corrected chi connectivity index (χ1v) is 10.2. The van der Waals surface area contributed by atoms with Crippen molar-refractivity contribution in [1.29, 1.82) is 0 Å². The first-order valence-electron chi connectivity index (χ1n) is 9.45. The average molecular weight is 444 g/mol. The third-order valence-corrected chi connectivity index (χ3v) is 5.42. The van der Waals surface area contributed by atoms with Gasteiger partial charge in [-0.15, -0.1) is 0 Å². The molecule has 2 aromatic carbocycles. The lowest BCUT2D eigenvalue weighted by Gasteiger charge is -2.19. The van der Waals surface area contributed by atoms with Crippen molar-refractivity contribution in [3.05, 3.63) is 80.5 Å². The normalized spacial score (nSPS) is 15.9. The molecule has 1 aliphatic heterocycles. The van der Waals surface area contributed by atoms with Crippen LogP contribution >= 0.6 is 23.2 Å². The highest BCUT2D eigenvalue weighted by molar-refractivity contribution is 6.35. The molecule has 156 valence electrons. The van der Waals surface area contributed by atoms with Gasteiger partial charge in [-0.1, -0.05) is 68.2 Å². The number of hydrogen-bond acceptors (Lipinski definition) is 3. The van der Waals surface area contributed by atoms with Gasteiger partial charge in [0.1, 0.15) is 0 Å². The van der Waals surface area contributed by atoms with Crippen LogP contribution in [0.15, 0.2) is 59.3 Å². The highest BCUT2D eigenvalue weighted by atomic mass is 35.5. The van der Waals surface area contributed by atoms with Gasteiger partial charge in [0, 0.05) is 15.7 Å². The molecular formula is C24H23Cl2NO3. The Hall–Kier alpha value is -2.56. The summed E-state index contributed by atoms with van der Waals surface area (Å²) in [6.07, 6.45) is 1.71. The largest absolute Gasteiger partial charge is 0.465 e. The number of benzene rings is 2. The number of rotatable bonds is 3. The fourth-order valence-corrected chi connectivity index (χ4v) is 3.92. The van der Waals surface area contributed by atoms with Crippen molar-refractivity contribution in [2.75, 3.05) is 12.0 Å². The zero-order valence-corrected chi connectivity index (χ0v) is 19.1. The average Bonchev–Trinajstić information content (AvgIpc) is 2.90. The molecule has 0 bridgehead atoms. The third kappa shape index (κ3) is 4.30. The number of ether oxygens (including phenoxy) is 1. The monoisotopic (exact) mass is 443 g/mol. The van der Waals surface area contributed by atoms with Crippen LogP contribution in [0.25, 0.3) is 6.08 Å². The zero-order chi connectivity index (χ0) is 22.2. The van der Waals surface area contributed by atoms with Gasteiger partial charge < -0.3 is 4.74 Å². The maximum Gasteiger partial charge on any atom is 0.340 e. The number of anilines is 1. The minimum absolute atomic E-state index is 0.0190. The van der Waals surface area contributed by atoms with Crippen molar-refractivity contribution >= 4 is 46.8 Å². The van der Waals surface area contributed by atoms with Gasteiger partial charge in [0.05, 0.1) is 23.9 Å². The first kappa shape index (κ1) is 22.1. The number of carbonyl (C=O) groups is 2. The number of nitrogens with zero attached hydrogens (tertiary/aromatic N) is 1. The number of hydrogen-bond donors (Lipinski definition) is 0. The molecule has 0 aromatic heterocycles. The summed E-state index contributed by atoms with van der Waals surface area (Å²) in [6, 6.07) is 12.8. The van der Waals surface area contributed by atoms with Crippen LogP contribution < -0.4 is 4.90 Å². The van der Waals surface area contributed by atoms with Crippen molar-refractivity contribution in [3.8, 4) is 0 Å². The lowest BCUT2D eigenvalue weighted by atomic mass is 9.86. The summed E-state index contributed by atoms with van der Waals surface area (Å²) < 4.78 is 4.95. The second kappa shape index (κ2) is 8.29. The molecule has 6 heteroatoms. The van der Waals surface area contributed by atoms with Crippen molar-refractivity contribution in [3.63, 3.8) is 0 Å². The lowest BCUT2D eigenvalue weighted by molar-refractivity contribution is -0.136. The van der Waals surface area contributed by atoms with Crippen molar-refractivity contribution < 1.29 is 14.3 Å². The maximum atomic E-state index is 13.3. The molecule has 0 radical (unpaired) electrons. The standard InChI is InChI=1S/C24H23Cl2NO3/c1-14-21(23(29)30-5)20(10-15-6-8-16(9-7-15)24(2,3)4)22(28)27(14)19-12-17(25)11-18(26)13-19/h6-13H,1-5H3/b20-10-. The second-order valence-corrected chi connectivity index (χ2v) is 9.02. The van der Waals surface area contributed by atoms with Gasteiger partial charge in [0.2, 0.25) is 0 Å². The van der Waals surface area contributed by atoms with E-state index >= 15 is 0 Å². The van der Waals surface area contributed by atoms with Gasteiger partial charge in [-0.25, -0.2) is 4.79 Å². The Balaban J connectivity index is 2.10. The molecule has 30 heavy (non-hydrogen) atoms. The molecule has 0 spiro atoms. The SMILES string of the molecule is COC(=O)C1=C(C)N(c2cc(Cl)cc(Cl)c2)C(=O)/C1=C\c1ccc(C(C)(C)C)cc1. The van der Waals surface area contributed by atoms with E-state index in [1.54, 1.807) is 31.2 Å². The van der Waals surface area contributed by atoms with Crippen molar-refractivity contribution in [2.45, 2.75) is 33.1 Å². The van der Waals surface area contributed by atoms with E-state index < -0.39 is 5.97 Å². The number of esters is 1. The molecule has 0 unspecified atom stereocenters. The van der Waals surface area contributed by atoms with Gasteiger partial charge in [-0.3, -0.25) is 9.69 Å². The van der Waals surface area contributed by atoms with Gasteiger partial charge >= 0.3 is 5.97 Å². The van der Waals surface area contributed by atoms with Crippen molar-refractivity contribution in [1.82, 2.24) is 0 Å². The van der Waals surface area contributed by atoms with Gasteiger partial charge in [-0.2, -0.15) is 0 Å². The smallest absolute Gasteiger partial charge is 0.340 e.